The highest BCUT2D eigenvalue weighted by Gasteiger charge is 2.22. The van der Waals surface area contributed by atoms with Gasteiger partial charge in [-0.1, -0.05) is 19.1 Å². The number of aryl methyl sites for hydroxylation is 2. The highest BCUT2D eigenvalue weighted by atomic mass is 32.2. The summed E-state index contributed by atoms with van der Waals surface area (Å²) < 4.78 is 26.9. The Labute approximate surface area is 154 Å². The van der Waals surface area contributed by atoms with Crippen LogP contribution < -0.4 is 5.32 Å². The van der Waals surface area contributed by atoms with Gasteiger partial charge in [-0.2, -0.15) is 9.40 Å². The first-order valence-corrected chi connectivity index (χ1v) is 10.6. The maximum absolute atomic E-state index is 12.3. The lowest BCUT2D eigenvalue weighted by Crippen LogP contribution is -2.29. The molecule has 1 aromatic heterocycles. The number of carbonyl (C=O) groups excluding carboxylic acids is 1. The molecule has 0 saturated heterocycles. The van der Waals surface area contributed by atoms with Crippen LogP contribution in [-0.4, -0.2) is 41.2 Å². The highest BCUT2D eigenvalue weighted by molar-refractivity contribution is 7.88. The normalized spacial score (nSPS) is 15.3. The Bertz CT molecular complexity index is 888. The molecule has 1 aliphatic rings. The minimum atomic E-state index is -3.23. The van der Waals surface area contributed by atoms with E-state index in [4.69, 9.17) is 0 Å². The molecule has 1 aliphatic heterocycles. The number of nitrogens with zero attached hydrogens (tertiary/aromatic N) is 3. The summed E-state index contributed by atoms with van der Waals surface area (Å²) in [7, 11) is -3.23. The summed E-state index contributed by atoms with van der Waals surface area (Å²) >= 11 is 0. The zero-order valence-electron chi connectivity index (χ0n) is 15.1. The molecule has 26 heavy (non-hydrogen) atoms. The van der Waals surface area contributed by atoms with Gasteiger partial charge in [0.05, 0.1) is 30.7 Å². The molecule has 1 amide bonds. The first kappa shape index (κ1) is 18.6. The second-order valence-corrected chi connectivity index (χ2v) is 8.52. The van der Waals surface area contributed by atoms with Crippen LogP contribution in [0, 0.1) is 0 Å². The quantitative estimate of drug-likeness (QED) is 0.858. The zero-order valence-corrected chi connectivity index (χ0v) is 15.9. The number of hydrogen-bond acceptors (Lipinski definition) is 4. The molecule has 0 unspecified atom stereocenters. The number of carbonyl (C=O) groups is 1. The molecular formula is C18H24N4O3S. The lowest BCUT2D eigenvalue weighted by Gasteiger charge is -2.16. The van der Waals surface area contributed by atoms with E-state index >= 15 is 0 Å². The van der Waals surface area contributed by atoms with E-state index in [1.165, 1.54) is 16.1 Å². The summed E-state index contributed by atoms with van der Waals surface area (Å²) in [6.07, 6.45) is 2.88. The van der Waals surface area contributed by atoms with Gasteiger partial charge in [0.2, 0.25) is 10.0 Å². The molecule has 0 fully saturated rings. The summed E-state index contributed by atoms with van der Waals surface area (Å²) in [4.78, 5) is 12.3. The van der Waals surface area contributed by atoms with E-state index in [1.807, 2.05) is 35.0 Å². The van der Waals surface area contributed by atoms with Gasteiger partial charge >= 0.3 is 0 Å². The molecule has 0 saturated carbocycles. The number of nitrogens with one attached hydrogen (secondary N) is 1. The number of rotatable bonds is 5. The minimum absolute atomic E-state index is 0.145. The third-order valence-corrected chi connectivity index (χ3v) is 5.80. The van der Waals surface area contributed by atoms with Crippen LogP contribution in [0.5, 0.6) is 0 Å². The summed E-state index contributed by atoms with van der Waals surface area (Å²) in [6, 6.07) is 9.41. The van der Waals surface area contributed by atoms with Crippen molar-refractivity contribution in [1.82, 2.24) is 19.4 Å². The van der Waals surface area contributed by atoms with E-state index in [0.717, 1.165) is 24.2 Å². The number of hydrogen-bond donors (Lipinski definition) is 1. The van der Waals surface area contributed by atoms with Crippen LogP contribution in [0.1, 0.15) is 40.7 Å². The average Bonchev–Trinajstić information content (AvgIpc) is 2.88. The fraction of sp³-hybridized carbons (Fsp3) is 0.444. The molecule has 1 N–H and O–H groups in total. The van der Waals surface area contributed by atoms with E-state index in [9.17, 15) is 13.2 Å². The van der Waals surface area contributed by atoms with Gasteiger partial charge in [0.25, 0.3) is 5.91 Å². The third-order valence-electron chi connectivity index (χ3n) is 4.55. The molecule has 2 heterocycles. The van der Waals surface area contributed by atoms with Gasteiger partial charge in [-0.15, -0.1) is 0 Å². The van der Waals surface area contributed by atoms with Crippen LogP contribution in [0.15, 0.2) is 30.3 Å². The zero-order chi connectivity index (χ0) is 18.7. The van der Waals surface area contributed by atoms with Crippen molar-refractivity contribution in [1.29, 1.82) is 0 Å². The van der Waals surface area contributed by atoms with Gasteiger partial charge in [-0.05, 0) is 36.6 Å². The fourth-order valence-corrected chi connectivity index (χ4v) is 3.85. The largest absolute Gasteiger partial charge is 0.346 e. The molecule has 7 nitrogen and oxygen atoms in total. The van der Waals surface area contributed by atoms with Crippen molar-refractivity contribution in [2.75, 3.05) is 12.8 Å². The second-order valence-electron chi connectivity index (χ2n) is 6.53. The predicted molar refractivity (Wildman–Crippen MR) is 99.1 cm³/mol. The fourth-order valence-electron chi connectivity index (χ4n) is 3.03. The van der Waals surface area contributed by atoms with Crippen LogP contribution in [0.3, 0.4) is 0 Å². The van der Waals surface area contributed by atoms with Gasteiger partial charge in [-0.25, -0.2) is 8.42 Å². The van der Waals surface area contributed by atoms with Crippen molar-refractivity contribution in [2.45, 2.75) is 39.4 Å². The molecule has 0 aliphatic carbocycles. The van der Waals surface area contributed by atoms with E-state index in [2.05, 4.69) is 17.3 Å². The van der Waals surface area contributed by atoms with Crippen molar-refractivity contribution in [3.63, 3.8) is 0 Å². The van der Waals surface area contributed by atoms with E-state index in [0.29, 0.717) is 31.7 Å². The number of benzene rings is 1. The van der Waals surface area contributed by atoms with Crippen LogP contribution in [0.2, 0.25) is 0 Å². The van der Waals surface area contributed by atoms with Gasteiger partial charge < -0.3 is 5.32 Å². The molecule has 0 bridgehead atoms. The molecular weight excluding hydrogens is 352 g/mol. The maximum Gasteiger partial charge on any atom is 0.251 e. The molecule has 3 rings (SSSR count). The molecule has 0 spiro atoms. The number of sulfonamides is 1. The van der Waals surface area contributed by atoms with E-state index in [1.54, 1.807) is 0 Å². The highest BCUT2D eigenvalue weighted by Crippen LogP contribution is 2.16. The summed E-state index contributed by atoms with van der Waals surface area (Å²) in [5.41, 5.74) is 3.39. The number of amides is 1. The topological polar surface area (TPSA) is 84.3 Å². The van der Waals surface area contributed by atoms with Crippen molar-refractivity contribution in [3.05, 3.63) is 52.8 Å². The SMILES string of the molecule is CCc1ccc(C(=O)NCc2cc3n(n2)CCCN(S(C)(=O)=O)C3)cc1. The Kier molecular flexibility index (Phi) is 5.43. The predicted octanol–water partition coefficient (Wildman–Crippen LogP) is 1.54. The Balaban J connectivity index is 1.65. The van der Waals surface area contributed by atoms with Crippen molar-refractivity contribution >= 4 is 15.9 Å². The van der Waals surface area contributed by atoms with Crippen LogP contribution in [0.25, 0.3) is 0 Å². The summed E-state index contributed by atoms with van der Waals surface area (Å²) in [5, 5.41) is 7.37. The summed E-state index contributed by atoms with van der Waals surface area (Å²) in [6.45, 7) is 3.88. The average molecular weight is 376 g/mol. The first-order valence-electron chi connectivity index (χ1n) is 8.74. The van der Waals surface area contributed by atoms with Crippen LogP contribution in [0.4, 0.5) is 0 Å². The number of aromatic nitrogens is 2. The van der Waals surface area contributed by atoms with Gasteiger partial charge in [0.15, 0.2) is 0 Å². The molecule has 0 radical (unpaired) electrons. The minimum Gasteiger partial charge on any atom is -0.346 e. The first-order chi connectivity index (χ1) is 12.4. The third kappa shape index (κ3) is 4.31. The van der Waals surface area contributed by atoms with Crippen molar-refractivity contribution in [3.8, 4) is 0 Å². The van der Waals surface area contributed by atoms with Crippen molar-refractivity contribution < 1.29 is 13.2 Å². The Morgan fingerprint density at radius 1 is 1.23 bits per heavy atom. The Morgan fingerprint density at radius 2 is 1.96 bits per heavy atom. The lowest BCUT2D eigenvalue weighted by molar-refractivity contribution is 0.0950. The van der Waals surface area contributed by atoms with Gasteiger partial charge in [-0.3, -0.25) is 9.48 Å². The monoisotopic (exact) mass is 376 g/mol. The summed E-state index contributed by atoms with van der Waals surface area (Å²) in [5.74, 6) is -0.145. The lowest BCUT2D eigenvalue weighted by atomic mass is 10.1. The maximum atomic E-state index is 12.3. The molecule has 140 valence electrons. The molecule has 0 atom stereocenters. The van der Waals surface area contributed by atoms with E-state index < -0.39 is 10.0 Å². The smallest absolute Gasteiger partial charge is 0.251 e. The standard InChI is InChI=1S/C18H24N4O3S/c1-3-14-5-7-15(8-6-14)18(23)19-12-16-11-17-13-21(26(2,24)25)9-4-10-22(17)20-16/h5-8,11H,3-4,9-10,12-13H2,1-2H3,(H,19,23). The van der Waals surface area contributed by atoms with Crippen LogP contribution >= 0.6 is 0 Å². The molecule has 1 aromatic carbocycles. The van der Waals surface area contributed by atoms with Crippen LogP contribution in [-0.2, 0) is 36.1 Å². The van der Waals surface area contributed by atoms with Gasteiger partial charge in [0.1, 0.15) is 0 Å². The Hall–Kier alpha value is -2.19. The van der Waals surface area contributed by atoms with Crippen molar-refractivity contribution in [2.24, 2.45) is 0 Å². The van der Waals surface area contributed by atoms with E-state index in [-0.39, 0.29) is 5.91 Å². The molecule has 8 heteroatoms. The second kappa shape index (κ2) is 7.59. The molecule has 2 aromatic rings. The number of fused-ring (bicyclic) bond motifs is 1. The van der Waals surface area contributed by atoms with Gasteiger partial charge in [0, 0.05) is 18.7 Å². The Morgan fingerprint density at radius 3 is 2.62 bits per heavy atom.